The molecule has 1 aliphatic heterocycles. The standard InChI is InChI=1S/C31H32F3N7O2/c1-40(2)24-12-14-41(19-24)18-20-6-7-22(15-26(20)31(32,33)34)36-29(42)17-30(43)37-23-8-10-25-27(38-39-28(25)16-23)11-9-21-5-3-4-13-35-21/h3-11,13,15-16,24H,12,14,17-19H2,1-2H3,(H,36,42)(H,37,43)(H,38,39)/b11-9+/t24-/m1/s1. The number of likely N-dealkylation sites (N-methyl/N-ethyl adjacent to an activating group) is 1. The second kappa shape index (κ2) is 12.8. The lowest BCUT2D eigenvalue weighted by Gasteiger charge is -2.22. The highest BCUT2D eigenvalue weighted by Gasteiger charge is 2.35. The molecule has 0 bridgehead atoms. The molecule has 2 amide bonds. The molecule has 2 aromatic carbocycles. The van der Waals surface area contributed by atoms with Crippen LogP contribution in [0.1, 0.15) is 35.4 Å². The van der Waals surface area contributed by atoms with E-state index in [1.807, 2.05) is 49.3 Å². The van der Waals surface area contributed by atoms with Gasteiger partial charge in [0.1, 0.15) is 6.42 Å². The van der Waals surface area contributed by atoms with E-state index in [1.165, 1.54) is 12.1 Å². The number of likely N-dealkylation sites (tertiary alicyclic amines) is 1. The van der Waals surface area contributed by atoms with E-state index in [1.54, 1.807) is 24.4 Å². The van der Waals surface area contributed by atoms with Crippen LogP contribution < -0.4 is 10.6 Å². The minimum Gasteiger partial charge on any atom is -0.326 e. The van der Waals surface area contributed by atoms with Gasteiger partial charge in [-0.25, -0.2) is 0 Å². The van der Waals surface area contributed by atoms with Crippen LogP contribution in [0, 0.1) is 0 Å². The number of hydrogen-bond acceptors (Lipinski definition) is 6. The fraction of sp³-hybridized carbons (Fsp3) is 0.290. The van der Waals surface area contributed by atoms with Gasteiger partial charge in [0.15, 0.2) is 0 Å². The molecule has 12 heteroatoms. The fourth-order valence-electron chi connectivity index (χ4n) is 5.11. The van der Waals surface area contributed by atoms with Gasteiger partial charge >= 0.3 is 6.18 Å². The summed E-state index contributed by atoms with van der Waals surface area (Å²) in [7, 11) is 3.93. The topological polar surface area (TPSA) is 106 Å². The average Bonchev–Trinajstić information content (AvgIpc) is 3.59. The summed E-state index contributed by atoms with van der Waals surface area (Å²) in [6.07, 6.45) is 1.10. The van der Waals surface area contributed by atoms with Crippen LogP contribution >= 0.6 is 0 Å². The maximum atomic E-state index is 13.9. The summed E-state index contributed by atoms with van der Waals surface area (Å²) < 4.78 is 41.7. The number of aromatic nitrogens is 3. The number of hydrogen-bond donors (Lipinski definition) is 3. The Labute approximate surface area is 246 Å². The van der Waals surface area contributed by atoms with E-state index in [0.29, 0.717) is 36.0 Å². The van der Waals surface area contributed by atoms with Crippen molar-refractivity contribution in [3.8, 4) is 0 Å². The Bertz CT molecular complexity index is 1630. The van der Waals surface area contributed by atoms with Crippen molar-refractivity contribution < 1.29 is 22.8 Å². The number of alkyl halides is 3. The first-order valence-electron chi connectivity index (χ1n) is 13.8. The minimum absolute atomic E-state index is 0.0216. The van der Waals surface area contributed by atoms with Crippen molar-refractivity contribution in [1.29, 1.82) is 0 Å². The molecule has 1 saturated heterocycles. The van der Waals surface area contributed by atoms with Crippen LogP contribution in [-0.2, 0) is 22.3 Å². The second-order valence-electron chi connectivity index (χ2n) is 10.7. The van der Waals surface area contributed by atoms with Gasteiger partial charge in [-0.15, -0.1) is 0 Å². The van der Waals surface area contributed by atoms with E-state index in [9.17, 15) is 22.8 Å². The normalized spacial score (nSPS) is 15.9. The number of carbonyl (C=O) groups excluding carboxylic acids is 2. The van der Waals surface area contributed by atoms with Crippen LogP contribution in [0.15, 0.2) is 60.8 Å². The highest BCUT2D eigenvalue weighted by atomic mass is 19.4. The van der Waals surface area contributed by atoms with Crippen molar-refractivity contribution in [2.45, 2.75) is 31.6 Å². The van der Waals surface area contributed by atoms with Gasteiger partial charge < -0.3 is 15.5 Å². The first-order valence-corrected chi connectivity index (χ1v) is 13.8. The van der Waals surface area contributed by atoms with Crippen molar-refractivity contribution in [1.82, 2.24) is 25.0 Å². The quantitative estimate of drug-likeness (QED) is 0.230. The number of pyridine rings is 1. The summed E-state index contributed by atoms with van der Waals surface area (Å²) in [6.45, 7) is 1.57. The molecule has 5 rings (SSSR count). The van der Waals surface area contributed by atoms with Crippen LogP contribution in [0.4, 0.5) is 24.5 Å². The third-order valence-corrected chi connectivity index (χ3v) is 7.37. The van der Waals surface area contributed by atoms with E-state index < -0.39 is 30.0 Å². The SMILES string of the molecule is CN(C)[C@@H]1CCN(Cc2ccc(NC(=O)CC(=O)Nc3ccc4c(/C=C/c5ccccn5)n[nH]c4c3)cc2C(F)(F)F)C1. The van der Waals surface area contributed by atoms with Crippen molar-refractivity contribution in [2.24, 2.45) is 0 Å². The summed E-state index contributed by atoms with van der Waals surface area (Å²) in [5.74, 6) is -1.33. The number of nitrogens with one attached hydrogen (secondary N) is 3. The van der Waals surface area contributed by atoms with Gasteiger partial charge in [0.05, 0.1) is 22.5 Å². The lowest BCUT2D eigenvalue weighted by molar-refractivity contribution is -0.138. The number of carbonyl (C=O) groups is 2. The lowest BCUT2D eigenvalue weighted by Crippen LogP contribution is -2.31. The van der Waals surface area contributed by atoms with Gasteiger partial charge in [-0.1, -0.05) is 12.1 Å². The number of benzene rings is 2. The molecule has 43 heavy (non-hydrogen) atoms. The first-order chi connectivity index (χ1) is 20.5. The van der Waals surface area contributed by atoms with Crippen molar-refractivity contribution >= 4 is 46.2 Å². The monoisotopic (exact) mass is 591 g/mol. The van der Waals surface area contributed by atoms with E-state index in [2.05, 4.69) is 30.7 Å². The molecule has 0 unspecified atom stereocenters. The molecule has 0 radical (unpaired) electrons. The third-order valence-electron chi connectivity index (χ3n) is 7.37. The number of aromatic amines is 1. The van der Waals surface area contributed by atoms with Gasteiger partial charge in [0.2, 0.25) is 11.8 Å². The molecule has 224 valence electrons. The highest BCUT2D eigenvalue weighted by molar-refractivity contribution is 6.08. The smallest absolute Gasteiger partial charge is 0.326 e. The van der Waals surface area contributed by atoms with Gasteiger partial charge in [-0.05, 0) is 80.7 Å². The molecule has 9 nitrogen and oxygen atoms in total. The Balaban J connectivity index is 1.19. The molecule has 0 spiro atoms. The Morgan fingerprint density at radius 3 is 2.47 bits per heavy atom. The van der Waals surface area contributed by atoms with Gasteiger partial charge in [-0.3, -0.25) is 24.6 Å². The molecular weight excluding hydrogens is 559 g/mol. The number of rotatable bonds is 9. The Morgan fingerprint density at radius 1 is 1.05 bits per heavy atom. The van der Waals surface area contributed by atoms with E-state index >= 15 is 0 Å². The average molecular weight is 592 g/mol. The van der Waals surface area contributed by atoms with Crippen molar-refractivity contribution in [3.63, 3.8) is 0 Å². The van der Waals surface area contributed by atoms with Gasteiger partial charge in [-0.2, -0.15) is 18.3 Å². The fourth-order valence-corrected chi connectivity index (χ4v) is 5.11. The zero-order valence-electron chi connectivity index (χ0n) is 23.8. The molecule has 1 fully saturated rings. The number of H-pyrrole nitrogens is 1. The largest absolute Gasteiger partial charge is 0.416 e. The second-order valence-corrected chi connectivity index (χ2v) is 10.7. The molecule has 0 aliphatic carbocycles. The van der Waals surface area contributed by atoms with Crippen LogP contribution in [-0.4, -0.2) is 70.0 Å². The lowest BCUT2D eigenvalue weighted by atomic mass is 10.1. The van der Waals surface area contributed by atoms with Crippen LogP contribution in [0.25, 0.3) is 23.1 Å². The Hall–Kier alpha value is -4.55. The van der Waals surface area contributed by atoms with Gasteiger partial charge in [0, 0.05) is 48.6 Å². The van der Waals surface area contributed by atoms with Crippen LogP contribution in [0.2, 0.25) is 0 Å². The molecule has 3 N–H and O–H groups in total. The Morgan fingerprint density at radius 2 is 1.79 bits per heavy atom. The molecule has 1 aliphatic rings. The number of amides is 2. The molecule has 2 aromatic heterocycles. The number of halogens is 3. The van der Waals surface area contributed by atoms with Crippen LogP contribution in [0.5, 0.6) is 0 Å². The Kier molecular flexibility index (Phi) is 8.88. The van der Waals surface area contributed by atoms with E-state index in [0.717, 1.165) is 23.6 Å². The summed E-state index contributed by atoms with van der Waals surface area (Å²) in [6, 6.07) is 14.8. The minimum atomic E-state index is -4.59. The van der Waals surface area contributed by atoms with Gasteiger partial charge in [0.25, 0.3) is 0 Å². The predicted molar refractivity (Wildman–Crippen MR) is 160 cm³/mol. The predicted octanol–water partition coefficient (Wildman–Crippen LogP) is 5.25. The molecule has 0 saturated carbocycles. The summed E-state index contributed by atoms with van der Waals surface area (Å²) in [4.78, 5) is 33.4. The molecule has 1 atom stereocenters. The number of anilines is 2. The molecule has 3 heterocycles. The zero-order valence-corrected chi connectivity index (χ0v) is 23.8. The summed E-state index contributed by atoms with van der Waals surface area (Å²) >= 11 is 0. The number of nitrogens with zero attached hydrogens (tertiary/aromatic N) is 4. The van der Waals surface area contributed by atoms with Crippen LogP contribution in [0.3, 0.4) is 0 Å². The third kappa shape index (κ3) is 7.65. The van der Waals surface area contributed by atoms with Crippen molar-refractivity contribution in [3.05, 3.63) is 83.3 Å². The zero-order chi connectivity index (χ0) is 30.6. The summed E-state index contributed by atoms with van der Waals surface area (Å²) in [5.41, 5.74) is 1.92. The maximum Gasteiger partial charge on any atom is 0.416 e. The van der Waals surface area contributed by atoms with E-state index in [-0.39, 0.29) is 17.8 Å². The number of fused-ring (bicyclic) bond motifs is 1. The first kappa shape index (κ1) is 29.9. The van der Waals surface area contributed by atoms with E-state index in [4.69, 9.17) is 0 Å². The summed E-state index contributed by atoms with van der Waals surface area (Å²) in [5, 5.41) is 13.1. The maximum absolute atomic E-state index is 13.9. The van der Waals surface area contributed by atoms with Crippen molar-refractivity contribution in [2.75, 3.05) is 37.8 Å². The molecule has 4 aromatic rings. The molecular formula is C31H32F3N7O2. The highest BCUT2D eigenvalue weighted by Crippen LogP contribution is 2.35.